The zero-order valence-corrected chi connectivity index (χ0v) is 20.6. The predicted octanol–water partition coefficient (Wildman–Crippen LogP) is 4.29. The summed E-state index contributed by atoms with van der Waals surface area (Å²) in [5, 5.41) is 0.547. The molecule has 1 saturated heterocycles. The van der Waals surface area contributed by atoms with Crippen molar-refractivity contribution in [1.82, 2.24) is 14.5 Å². The van der Waals surface area contributed by atoms with Gasteiger partial charge < -0.3 is 14.6 Å². The maximum Gasteiger partial charge on any atom is 0.310 e. The van der Waals surface area contributed by atoms with E-state index in [9.17, 15) is 14.4 Å². The Morgan fingerprint density at radius 1 is 1.21 bits per heavy atom. The van der Waals surface area contributed by atoms with Crippen molar-refractivity contribution in [3.05, 3.63) is 73.2 Å². The zero-order chi connectivity index (χ0) is 23.5. The van der Waals surface area contributed by atoms with Crippen molar-refractivity contribution in [2.24, 2.45) is 5.92 Å². The Hall–Kier alpha value is -2.78. The highest BCUT2D eigenvalue weighted by Crippen LogP contribution is 2.21. The number of piperidine rings is 1. The molecular weight excluding hydrogens is 506 g/mol. The number of nitrogens with zero attached hydrogens (tertiary/aromatic N) is 2. The van der Waals surface area contributed by atoms with Gasteiger partial charge >= 0.3 is 5.97 Å². The number of halogens is 1. The van der Waals surface area contributed by atoms with Crippen LogP contribution in [0.4, 0.5) is 0 Å². The van der Waals surface area contributed by atoms with E-state index >= 15 is 0 Å². The van der Waals surface area contributed by atoms with E-state index in [1.807, 2.05) is 24.3 Å². The van der Waals surface area contributed by atoms with Crippen LogP contribution in [0.5, 0.6) is 0 Å². The fourth-order valence-electron chi connectivity index (χ4n) is 4.10. The van der Waals surface area contributed by atoms with Crippen molar-refractivity contribution >= 4 is 50.9 Å². The minimum atomic E-state index is -0.275. The number of benzene rings is 2. The van der Waals surface area contributed by atoms with Crippen molar-refractivity contribution in [2.75, 3.05) is 19.7 Å². The van der Waals surface area contributed by atoms with Gasteiger partial charge in [-0.05, 0) is 67.9 Å². The monoisotopic (exact) mass is 529 g/mol. The highest BCUT2D eigenvalue weighted by Gasteiger charge is 2.29. The number of ether oxygens (including phenoxy) is 1. The lowest BCUT2D eigenvalue weighted by Crippen LogP contribution is -2.42. The lowest BCUT2D eigenvalue weighted by Gasteiger charge is -2.31. The third kappa shape index (κ3) is 5.09. The topological polar surface area (TPSA) is 84.4 Å². The van der Waals surface area contributed by atoms with Gasteiger partial charge in [0.25, 0.3) is 11.5 Å². The molecule has 2 heterocycles. The smallest absolute Gasteiger partial charge is 0.310 e. The summed E-state index contributed by atoms with van der Waals surface area (Å²) in [6.07, 6.45) is 1.51. The zero-order valence-electron chi connectivity index (χ0n) is 18.2. The summed E-state index contributed by atoms with van der Waals surface area (Å²) >= 11 is 8.80. The number of nitrogens with one attached hydrogen (secondary N) is 1. The molecule has 33 heavy (non-hydrogen) atoms. The molecule has 9 heteroatoms. The molecule has 1 atom stereocenters. The number of carbonyl (C=O) groups is 2. The molecule has 3 aromatic rings. The lowest BCUT2D eigenvalue weighted by molar-refractivity contribution is -0.149. The van der Waals surface area contributed by atoms with Gasteiger partial charge in [0, 0.05) is 23.1 Å². The van der Waals surface area contributed by atoms with Gasteiger partial charge in [0.2, 0.25) is 0 Å². The summed E-state index contributed by atoms with van der Waals surface area (Å²) in [5.74, 6) is -0.626. The fourth-order valence-corrected chi connectivity index (χ4v) is 4.72. The molecule has 1 fully saturated rings. The quantitative estimate of drug-likeness (QED) is 0.393. The van der Waals surface area contributed by atoms with Crippen LogP contribution in [-0.2, 0) is 16.1 Å². The van der Waals surface area contributed by atoms with E-state index in [0.29, 0.717) is 47.5 Å². The van der Waals surface area contributed by atoms with Crippen molar-refractivity contribution in [2.45, 2.75) is 26.3 Å². The van der Waals surface area contributed by atoms with Crippen LogP contribution in [0.3, 0.4) is 0 Å². The number of likely N-dealkylation sites (tertiary alicyclic amines) is 1. The molecule has 1 unspecified atom stereocenters. The summed E-state index contributed by atoms with van der Waals surface area (Å²) in [4.78, 5) is 42.8. The minimum absolute atomic E-state index is 0.111. The Kier molecular flexibility index (Phi) is 7.09. The van der Waals surface area contributed by atoms with E-state index in [2.05, 4.69) is 20.9 Å². The molecule has 1 amide bonds. The largest absolute Gasteiger partial charge is 0.466 e. The molecule has 4 rings (SSSR count). The third-order valence-electron chi connectivity index (χ3n) is 5.81. The summed E-state index contributed by atoms with van der Waals surface area (Å²) in [6, 6.07) is 12.6. The molecule has 0 bridgehead atoms. The maximum atomic E-state index is 13.0. The molecule has 0 spiro atoms. The van der Waals surface area contributed by atoms with E-state index in [4.69, 9.17) is 17.0 Å². The number of esters is 1. The standard InChI is InChI=1S/C24H24BrN3O4S/c1-2-32-23(31)17-4-3-11-27(14-17)21(29)16-7-5-15(6-8-16)13-28-22(30)19-12-18(25)9-10-20(19)26-24(28)33/h5-10,12,17H,2-4,11,13-14H2,1H3,(H,26,33). The molecule has 0 radical (unpaired) electrons. The first kappa shape index (κ1) is 23.4. The Balaban J connectivity index is 1.51. The van der Waals surface area contributed by atoms with Gasteiger partial charge in [-0.1, -0.05) is 28.1 Å². The van der Waals surface area contributed by atoms with Gasteiger partial charge in [0.15, 0.2) is 4.77 Å². The summed E-state index contributed by atoms with van der Waals surface area (Å²) in [5.41, 5.74) is 1.91. The number of hydrogen-bond donors (Lipinski definition) is 1. The molecule has 7 nitrogen and oxygen atoms in total. The number of fused-ring (bicyclic) bond motifs is 1. The minimum Gasteiger partial charge on any atom is -0.466 e. The van der Waals surface area contributed by atoms with E-state index in [1.165, 1.54) is 4.57 Å². The predicted molar refractivity (Wildman–Crippen MR) is 132 cm³/mol. The highest BCUT2D eigenvalue weighted by molar-refractivity contribution is 9.10. The van der Waals surface area contributed by atoms with Crippen LogP contribution < -0.4 is 5.56 Å². The fraction of sp³-hybridized carbons (Fsp3) is 0.333. The first-order chi connectivity index (χ1) is 15.9. The van der Waals surface area contributed by atoms with Gasteiger partial charge in [-0.25, -0.2) is 0 Å². The van der Waals surface area contributed by atoms with Gasteiger partial charge in [0.05, 0.1) is 30.0 Å². The van der Waals surface area contributed by atoms with Crippen molar-refractivity contribution in [1.29, 1.82) is 0 Å². The van der Waals surface area contributed by atoms with E-state index in [-0.39, 0.29) is 23.4 Å². The van der Waals surface area contributed by atoms with Crippen LogP contribution in [0, 0.1) is 10.7 Å². The summed E-state index contributed by atoms with van der Waals surface area (Å²) in [6.45, 7) is 3.40. The van der Waals surface area contributed by atoms with Gasteiger partial charge in [-0.15, -0.1) is 0 Å². The van der Waals surface area contributed by atoms with E-state index < -0.39 is 0 Å². The van der Waals surface area contributed by atoms with Crippen LogP contribution in [-0.4, -0.2) is 46.0 Å². The number of aromatic amines is 1. The molecule has 0 saturated carbocycles. The summed E-state index contributed by atoms with van der Waals surface area (Å²) < 4.78 is 7.79. The Bertz CT molecular complexity index is 1320. The number of carbonyl (C=O) groups excluding carboxylic acids is 2. The number of hydrogen-bond acceptors (Lipinski definition) is 5. The SMILES string of the molecule is CCOC(=O)C1CCCN(C(=O)c2ccc(Cn3c(=S)[nH]c4ccc(Br)cc4c3=O)cc2)C1. The Labute approximate surface area is 204 Å². The van der Waals surface area contributed by atoms with Crippen molar-refractivity contribution in [3.63, 3.8) is 0 Å². The lowest BCUT2D eigenvalue weighted by atomic mass is 9.97. The average molecular weight is 530 g/mol. The Morgan fingerprint density at radius 2 is 1.97 bits per heavy atom. The molecule has 2 aromatic carbocycles. The number of amides is 1. The van der Waals surface area contributed by atoms with Crippen LogP contribution in [0.15, 0.2) is 51.7 Å². The number of H-pyrrole nitrogens is 1. The normalized spacial score (nSPS) is 16.1. The summed E-state index contributed by atoms with van der Waals surface area (Å²) in [7, 11) is 0. The number of aromatic nitrogens is 2. The van der Waals surface area contributed by atoms with Crippen molar-refractivity contribution in [3.8, 4) is 0 Å². The molecule has 0 aliphatic carbocycles. The highest BCUT2D eigenvalue weighted by atomic mass is 79.9. The van der Waals surface area contributed by atoms with Gasteiger partial charge in [-0.2, -0.15) is 0 Å². The maximum absolute atomic E-state index is 13.0. The average Bonchev–Trinajstić information content (AvgIpc) is 2.82. The first-order valence-electron chi connectivity index (χ1n) is 10.8. The number of rotatable bonds is 5. The van der Waals surface area contributed by atoms with Crippen molar-refractivity contribution < 1.29 is 14.3 Å². The molecule has 1 aliphatic heterocycles. The molecule has 172 valence electrons. The van der Waals surface area contributed by atoms with E-state index in [0.717, 1.165) is 22.9 Å². The molecule has 1 aliphatic rings. The first-order valence-corrected chi connectivity index (χ1v) is 12.0. The van der Waals surface area contributed by atoms with Gasteiger partial charge in [-0.3, -0.25) is 19.0 Å². The van der Waals surface area contributed by atoms with E-state index in [1.54, 1.807) is 30.0 Å². The Morgan fingerprint density at radius 3 is 2.70 bits per heavy atom. The van der Waals surface area contributed by atoms with Crippen LogP contribution in [0.1, 0.15) is 35.7 Å². The third-order valence-corrected chi connectivity index (χ3v) is 6.63. The second-order valence-electron chi connectivity index (χ2n) is 8.05. The molecule has 1 aromatic heterocycles. The molecular formula is C24H24BrN3O4S. The van der Waals surface area contributed by atoms with Crippen LogP contribution in [0.2, 0.25) is 0 Å². The molecule has 1 N–H and O–H groups in total. The van der Waals surface area contributed by atoms with Gasteiger partial charge in [0.1, 0.15) is 0 Å². The second kappa shape index (κ2) is 10.0. The van der Waals surface area contributed by atoms with Crippen LogP contribution >= 0.6 is 28.1 Å². The van der Waals surface area contributed by atoms with Crippen LogP contribution in [0.25, 0.3) is 10.9 Å². The second-order valence-corrected chi connectivity index (χ2v) is 9.35.